The van der Waals surface area contributed by atoms with Gasteiger partial charge in [0.25, 0.3) is 0 Å². The second-order valence-corrected chi connectivity index (χ2v) is 5.49. The number of hydrogen-bond donors (Lipinski definition) is 2. The number of carbonyl (C=O) groups excluding carboxylic acids is 1. The lowest BCUT2D eigenvalue weighted by Gasteiger charge is -2.27. The maximum absolute atomic E-state index is 12.0. The van der Waals surface area contributed by atoms with Crippen LogP contribution < -0.4 is 15.5 Å². The summed E-state index contributed by atoms with van der Waals surface area (Å²) in [6, 6.07) is 8.13. The maximum Gasteiger partial charge on any atom is 0.224 e. The molecule has 0 unspecified atom stereocenters. The zero-order valence-electron chi connectivity index (χ0n) is 11.2. The molecular formula is C15H21N3O. The van der Waals surface area contributed by atoms with Crippen LogP contribution in [0.4, 0.5) is 11.4 Å². The van der Waals surface area contributed by atoms with Crippen molar-refractivity contribution in [1.29, 1.82) is 0 Å². The topological polar surface area (TPSA) is 44.4 Å². The molecule has 0 atom stereocenters. The fourth-order valence-electron chi connectivity index (χ4n) is 2.77. The summed E-state index contributed by atoms with van der Waals surface area (Å²) >= 11 is 0. The van der Waals surface area contributed by atoms with Crippen molar-refractivity contribution in [3.63, 3.8) is 0 Å². The minimum atomic E-state index is 0.137. The quantitative estimate of drug-likeness (QED) is 0.867. The van der Waals surface area contributed by atoms with E-state index in [9.17, 15) is 4.79 Å². The summed E-state index contributed by atoms with van der Waals surface area (Å²) in [5, 5.41) is 6.28. The SMILES string of the molecule is O=C(CC1CNC1)Nc1ccccc1N1CCCC1. The number of benzene rings is 1. The molecule has 1 amide bonds. The molecule has 0 spiro atoms. The molecule has 0 aliphatic carbocycles. The van der Waals surface area contributed by atoms with Crippen LogP contribution in [0.15, 0.2) is 24.3 Å². The predicted octanol–water partition coefficient (Wildman–Crippen LogP) is 1.83. The number of anilines is 2. The first kappa shape index (κ1) is 12.5. The molecule has 1 aromatic rings. The van der Waals surface area contributed by atoms with E-state index >= 15 is 0 Å². The van der Waals surface area contributed by atoms with E-state index in [0.717, 1.165) is 31.9 Å². The molecule has 0 saturated carbocycles. The predicted molar refractivity (Wildman–Crippen MR) is 77.5 cm³/mol. The Balaban J connectivity index is 1.67. The van der Waals surface area contributed by atoms with Crippen LogP contribution in [0.25, 0.3) is 0 Å². The van der Waals surface area contributed by atoms with E-state index in [2.05, 4.69) is 21.6 Å². The van der Waals surface area contributed by atoms with E-state index in [-0.39, 0.29) is 5.91 Å². The Morgan fingerprint density at radius 2 is 2.00 bits per heavy atom. The number of para-hydroxylation sites is 2. The van der Waals surface area contributed by atoms with Crippen molar-refractivity contribution in [1.82, 2.24) is 5.32 Å². The zero-order valence-corrected chi connectivity index (χ0v) is 11.2. The normalized spacial score (nSPS) is 19.3. The van der Waals surface area contributed by atoms with Crippen molar-refractivity contribution in [2.24, 2.45) is 5.92 Å². The van der Waals surface area contributed by atoms with Gasteiger partial charge in [0.15, 0.2) is 0 Å². The standard InChI is InChI=1S/C15H21N3O/c19-15(9-12-10-16-11-12)17-13-5-1-2-6-14(13)18-7-3-4-8-18/h1-2,5-6,12,16H,3-4,7-11H2,(H,17,19). The van der Waals surface area contributed by atoms with Gasteiger partial charge in [-0.25, -0.2) is 0 Å². The molecule has 0 aromatic heterocycles. The second kappa shape index (κ2) is 5.61. The molecule has 0 bridgehead atoms. The molecule has 2 fully saturated rings. The van der Waals surface area contributed by atoms with Crippen molar-refractivity contribution in [2.45, 2.75) is 19.3 Å². The first-order valence-electron chi connectivity index (χ1n) is 7.17. The highest BCUT2D eigenvalue weighted by Gasteiger charge is 2.21. The summed E-state index contributed by atoms with van der Waals surface area (Å²) in [4.78, 5) is 14.4. The number of amides is 1. The minimum Gasteiger partial charge on any atom is -0.370 e. The van der Waals surface area contributed by atoms with Crippen LogP contribution in [0.5, 0.6) is 0 Å². The smallest absolute Gasteiger partial charge is 0.224 e. The van der Waals surface area contributed by atoms with E-state index in [0.29, 0.717) is 12.3 Å². The van der Waals surface area contributed by atoms with Gasteiger partial charge >= 0.3 is 0 Å². The molecule has 2 N–H and O–H groups in total. The molecule has 19 heavy (non-hydrogen) atoms. The Kier molecular flexibility index (Phi) is 3.69. The summed E-state index contributed by atoms with van der Waals surface area (Å²) in [6.45, 7) is 4.14. The summed E-state index contributed by atoms with van der Waals surface area (Å²) < 4.78 is 0. The molecule has 2 heterocycles. The van der Waals surface area contributed by atoms with E-state index in [1.165, 1.54) is 18.5 Å². The molecule has 2 aliphatic heterocycles. The lowest BCUT2D eigenvalue weighted by atomic mass is 9.99. The van der Waals surface area contributed by atoms with Crippen molar-refractivity contribution < 1.29 is 4.79 Å². The van der Waals surface area contributed by atoms with Crippen LogP contribution in [0, 0.1) is 5.92 Å². The molecule has 4 heteroatoms. The van der Waals surface area contributed by atoms with Gasteiger partial charge in [0.1, 0.15) is 0 Å². The highest BCUT2D eigenvalue weighted by atomic mass is 16.1. The van der Waals surface area contributed by atoms with E-state index in [1.54, 1.807) is 0 Å². The summed E-state index contributed by atoms with van der Waals surface area (Å²) in [6.07, 6.45) is 3.12. The molecule has 2 saturated heterocycles. The van der Waals surface area contributed by atoms with Gasteiger partial charge in [0.05, 0.1) is 11.4 Å². The lowest BCUT2D eigenvalue weighted by Crippen LogP contribution is -2.43. The van der Waals surface area contributed by atoms with Crippen molar-refractivity contribution >= 4 is 17.3 Å². The van der Waals surface area contributed by atoms with Crippen molar-refractivity contribution in [3.8, 4) is 0 Å². The van der Waals surface area contributed by atoms with Gasteiger partial charge in [-0.2, -0.15) is 0 Å². The lowest BCUT2D eigenvalue weighted by molar-refractivity contribution is -0.117. The van der Waals surface area contributed by atoms with Gasteiger partial charge < -0.3 is 15.5 Å². The number of carbonyl (C=O) groups is 1. The second-order valence-electron chi connectivity index (χ2n) is 5.49. The fourth-order valence-corrected chi connectivity index (χ4v) is 2.77. The third kappa shape index (κ3) is 2.89. The van der Waals surface area contributed by atoms with Gasteiger partial charge in [-0.1, -0.05) is 12.1 Å². The number of nitrogens with one attached hydrogen (secondary N) is 2. The van der Waals surface area contributed by atoms with Gasteiger partial charge in [-0.05, 0) is 44.0 Å². The van der Waals surface area contributed by atoms with Gasteiger partial charge in [0, 0.05) is 19.5 Å². The van der Waals surface area contributed by atoms with Crippen LogP contribution in [-0.4, -0.2) is 32.1 Å². The molecule has 0 radical (unpaired) electrons. The molecule has 2 aliphatic rings. The van der Waals surface area contributed by atoms with E-state index in [1.807, 2.05) is 18.2 Å². The third-order valence-electron chi connectivity index (χ3n) is 3.96. The van der Waals surface area contributed by atoms with E-state index in [4.69, 9.17) is 0 Å². The van der Waals surface area contributed by atoms with Crippen LogP contribution in [0.3, 0.4) is 0 Å². The average Bonchev–Trinajstić information content (AvgIpc) is 2.88. The van der Waals surface area contributed by atoms with Crippen molar-refractivity contribution in [3.05, 3.63) is 24.3 Å². The monoisotopic (exact) mass is 259 g/mol. The summed E-state index contributed by atoms with van der Waals surface area (Å²) in [5.41, 5.74) is 2.13. The van der Waals surface area contributed by atoms with Gasteiger partial charge in [-0.3, -0.25) is 4.79 Å². The number of hydrogen-bond acceptors (Lipinski definition) is 3. The van der Waals surface area contributed by atoms with Crippen LogP contribution in [0.1, 0.15) is 19.3 Å². The summed E-state index contributed by atoms with van der Waals surface area (Å²) in [7, 11) is 0. The van der Waals surface area contributed by atoms with Crippen LogP contribution in [0.2, 0.25) is 0 Å². The highest BCUT2D eigenvalue weighted by molar-refractivity contribution is 5.94. The fraction of sp³-hybridized carbons (Fsp3) is 0.533. The first-order chi connectivity index (χ1) is 9.33. The zero-order chi connectivity index (χ0) is 13.1. The van der Waals surface area contributed by atoms with Gasteiger partial charge in [0.2, 0.25) is 5.91 Å². The molecule has 4 nitrogen and oxygen atoms in total. The maximum atomic E-state index is 12.0. The minimum absolute atomic E-state index is 0.137. The van der Waals surface area contributed by atoms with E-state index < -0.39 is 0 Å². The Morgan fingerprint density at radius 1 is 1.26 bits per heavy atom. The average molecular weight is 259 g/mol. The van der Waals surface area contributed by atoms with Gasteiger partial charge in [-0.15, -0.1) is 0 Å². The van der Waals surface area contributed by atoms with Crippen LogP contribution in [-0.2, 0) is 4.79 Å². The summed E-state index contributed by atoms with van der Waals surface area (Å²) in [5.74, 6) is 0.650. The highest BCUT2D eigenvalue weighted by Crippen LogP contribution is 2.28. The number of rotatable bonds is 4. The van der Waals surface area contributed by atoms with Crippen LogP contribution >= 0.6 is 0 Å². The molecule has 3 rings (SSSR count). The molecular weight excluding hydrogens is 238 g/mol. The Hall–Kier alpha value is -1.55. The Labute approximate surface area is 114 Å². The van der Waals surface area contributed by atoms with Crippen molar-refractivity contribution in [2.75, 3.05) is 36.4 Å². The largest absolute Gasteiger partial charge is 0.370 e. The first-order valence-corrected chi connectivity index (χ1v) is 7.17. The third-order valence-corrected chi connectivity index (χ3v) is 3.96. The molecule has 102 valence electrons. The molecule has 1 aromatic carbocycles. The Bertz CT molecular complexity index is 450. The number of nitrogens with zero attached hydrogens (tertiary/aromatic N) is 1. The Morgan fingerprint density at radius 3 is 2.68 bits per heavy atom.